The van der Waals surface area contributed by atoms with E-state index in [0.717, 1.165) is 19.6 Å². The van der Waals surface area contributed by atoms with Crippen LogP contribution in [-0.2, 0) is 4.79 Å². The van der Waals surface area contributed by atoms with E-state index in [0.29, 0.717) is 4.48 Å². The maximum atomic E-state index is 10.3. The Bertz CT molecular complexity index is 191. The smallest absolute Gasteiger partial charge is 0.185 e. The van der Waals surface area contributed by atoms with Crippen LogP contribution in [0, 0.1) is 0 Å². The molecule has 1 aliphatic heterocycles. The molecule has 11 heavy (non-hydrogen) atoms. The summed E-state index contributed by atoms with van der Waals surface area (Å²) in [5.74, 6) is -1.000. The first-order valence-electron chi connectivity index (χ1n) is 3.75. The van der Waals surface area contributed by atoms with Crippen molar-refractivity contribution in [3.8, 4) is 0 Å². The van der Waals surface area contributed by atoms with Gasteiger partial charge in [0.05, 0.1) is 19.1 Å². The molecule has 1 heterocycles. The third-order valence-electron chi connectivity index (χ3n) is 2.07. The second-order valence-corrected chi connectivity index (χ2v) is 2.81. The third kappa shape index (κ3) is 1.77. The number of rotatable bonds is 3. The predicted octanol–water partition coefficient (Wildman–Crippen LogP) is -1.39. The summed E-state index contributed by atoms with van der Waals surface area (Å²) in [7, 11) is 0. The lowest BCUT2D eigenvalue weighted by molar-refractivity contribution is -0.821. The van der Waals surface area contributed by atoms with Crippen molar-refractivity contribution in [2.24, 2.45) is 4.99 Å². The average molecular weight is 156 g/mol. The van der Waals surface area contributed by atoms with E-state index in [1.54, 1.807) is 6.34 Å². The normalized spacial score (nSPS) is 29.2. The zero-order valence-electron chi connectivity index (χ0n) is 6.62. The second-order valence-electron chi connectivity index (χ2n) is 2.81. The molecule has 0 N–H and O–H groups in total. The highest BCUT2D eigenvalue weighted by Gasteiger charge is 2.26. The molecule has 0 aromatic carbocycles. The van der Waals surface area contributed by atoms with Crippen molar-refractivity contribution in [2.45, 2.75) is 6.92 Å². The minimum absolute atomic E-state index is 0.0556. The highest BCUT2D eigenvalue weighted by Crippen LogP contribution is 2.07. The van der Waals surface area contributed by atoms with Crippen LogP contribution in [0.15, 0.2) is 4.99 Å². The molecule has 0 amide bonds. The Labute approximate surface area is 65.7 Å². The van der Waals surface area contributed by atoms with Crippen LogP contribution in [0.3, 0.4) is 0 Å². The molecule has 0 aromatic rings. The van der Waals surface area contributed by atoms with E-state index < -0.39 is 5.97 Å². The van der Waals surface area contributed by atoms with Crippen molar-refractivity contribution in [2.75, 3.05) is 26.2 Å². The number of carboxylic acids is 1. The van der Waals surface area contributed by atoms with Crippen molar-refractivity contribution >= 4 is 12.3 Å². The largest absolute Gasteiger partial charge is 0.544 e. The first kappa shape index (κ1) is 8.20. The molecule has 1 atom stereocenters. The van der Waals surface area contributed by atoms with E-state index in [9.17, 15) is 9.90 Å². The second kappa shape index (κ2) is 3.00. The number of aliphatic imine (C=N–C) groups is 1. The molecule has 0 saturated heterocycles. The van der Waals surface area contributed by atoms with Gasteiger partial charge in [-0.15, -0.1) is 0 Å². The van der Waals surface area contributed by atoms with Crippen LogP contribution in [0.4, 0.5) is 0 Å². The zero-order valence-corrected chi connectivity index (χ0v) is 6.62. The van der Waals surface area contributed by atoms with Gasteiger partial charge in [0.15, 0.2) is 6.34 Å². The van der Waals surface area contributed by atoms with Crippen LogP contribution < -0.4 is 5.11 Å². The van der Waals surface area contributed by atoms with E-state index in [2.05, 4.69) is 4.99 Å². The van der Waals surface area contributed by atoms with Gasteiger partial charge in [-0.2, -0.15) is 0 Å². The van der Waals surface area contributed by atoms with E-state index >= 15 is 0 Å². The van der Waals surface area contributed by atoms with E-state index in [1.165, 1.54) is 0 Å². The van der Waals surface area contributed by atoms with Gasteiger partial charge < -0.3 is 9.90 Å². The van der Waals surface area contributed by atoms with Gasteiger partial charge in [0, 0.05) is 0 Å². The van der Waals surface area contributed by atoms with Crippen molar-refractivity contribution < 1.29 is 14.4 Å². The van der Waals surface area contributed by atoms with E-state index in [-0.39, 0.29) is 6.54 Å². The van der Waals surface area contributed by atoms with Crippen molar-refractivity contribution in [1.29, 1.82) is 0 Å². The number of carbonyl (C=O) groups excluding carboxylic acids is 1. The molecule has 1 rings (SSSR count). The van der Waals surface area contributed by atoms with E-state index in [1.807, 2.05) is 6.92 Å². The van der Waals surface area contributed by atoms with Gasteiger partial charge in [-0.3, -0.25) is 4.48 Å². The zero-order chi connectivity index (χ0) is 8.32. The van der Waals surface area contributed by atoms with Crippen molar-refractivity contribution in [3.05, 3.63) is 0 Å². The average Bonchev–Trinajstić information content (AvgIpc) is 2.36. The summed E-state index contributed by atoms with van der Waals surface area (Å²) in [5, 5.41) is 10.3. The molecule has 0 bridgehead atoms. The SMILES string of the molecule is CC[N+]1(CC(=O)[O-])C=NCC1. The summed E-state index contributed by atoms with van der Waals surface area (Å²) < 4.78 is 0.447. The first-order valence-corrected chi connectivity index (χ1v) is 3.75. The number of aliphatic carboxylic acids is 1. The number of hydrogen-bond donors (Lipinski definition) is 0. The number of carboxylic acid groups (broad SMARTS) is 1. The summed E-state index contributed by atoms with van der Waals surface area (Å²) in [6.45, 7) is 4.32. The molecule has 0 fully saturated rings. The van der Waals surface area contributed by atoms with E-state index in [4.69, 9.17) is 0 Å². The molecule has 4 heteroatoms. The van der Waals surface area contributed by atoms with Crippen LogP contribution in [0.5, 0.6) is 0 Å². The Morgan fingerprint density at radius 1 is 1.82 bits per heavy atom. The fourth-order valence-corrected chi connectivity index (χ4v) is 1.27. The monoisotopic (exact) mass is 156 g/mol. The number of carbonyl (C=O) groups is 1. The lowest BCUT2D eigenvalue weighted by atomic mass is 10.4. The predicted molar refractivity (Wildman–Crippen MR) is 38.9 cm³/mol. The molecule has 0 aliphatic carbocycles. The maximum absolute atomic E-state index is 10.3. The van der Waals surface area contributed by atoms with Crippen LogP contribution in [0.25, 0.3) is 0 Å². The summed E-state index contributed by atoms with van der Waals surface area (Å²) >= 11 is 0. The Hall–Kier alpha value is -0.900. The number of nitrogens with zero attached hydrogens (tertiary/aromatic N) is 2. The van der Waals surface area contributed by atoms with Crippen molar-refractivity contribution in [3.63, 3.8) is 0 Å². The molecule has 0 radical (unpaired) electrons. The van der Waals surface area contributed by atoms with Gasteiger partial charge in [-0.25, -0.2) is 4.99 Å². The van der Waals surface area contributed by atoms with Crippen LogP contribution >= 0.6 is 0 Å². The Kier molecular flexibility index (Phi) is 2.24. The molecule has 1 unspecified atom stereocenters. The van der Waals surface area contributed by atoms with Crippen LogP contribution in [0.2, 0.25) is 0 Å². The molecule has 1 aliphatic rings. The standard InChI is InChI=1S/C7H12N2O2/c1-2-9(5-7(10)11)4-3-8-6-9/h6H,2-5H2,1H3. The fraction of sp³-hybridized carbons (Fsp3) is 0.714. The lowest BCUT2D eigenvalue weighted by Crippen LogP contribution is -2.52. The quantitative estimate of drug-likeness (QED) is 0.473. The number of hydrogen-bond acceptors (Lipinski definition) is 3. The maximum Gasteiger partial charge on any atom is 0.185 e. The first-order chi connectivity index (χ1) is 5.18. The summed E-state index contributed by atoms with van der Waals surface area (Å²) in [4.78, 5) is 14.3. The molecule has 4 nitrogen and oxygen atoms in total. The molecule has 0 aromatic heterocycles. The summed E-state index contributed by atoms with van der Waals surface area (Å²) in [6, 6.07) is 0. The van der Waals surface area contributed by atoms with Gasteiger partial charge in [0.2, 0.25) is 0 Å². The highest BCUT2D eigenvalue weighted by molar-refractivity contribution is 5.67. The topological polar surface area (TPSA) is 52.5 Å². The Morgan fingerprint density at radius 2 is 2.55 bits per heavy atom. The molecule has 62 valence electrons. The summed E-state index contributed by atoms with van der Waals surface area (Å²) in [6.07, 6.45) is 1.72. The number of quaternary nitrogens is 1. The lowest BCUT2D eigenvalue weighted by Gasteiger charge is -2.28. The summed E-state index contributed by atoms with van der Waals surface area (Å²) in [5.41, 5.74) is 0. The van der Waals surface area contributed by atoms with Gasteiger partial charge in [0.1, 0.15) is 13.1 Å². The van der Waals surface area contributed by atoms with Gasteiger partial charge in [-0.1, -0.05) is 0 Å². The Morgan fingerprint density at radius 3 is 2.91 bits per heavy atom. The van der Waals surface area contributed by atoms with Crippen LogP contribution in [-0.4, -0.2) is 43.0 Å². The highest BCUT2D eigenvalue weighted by atomic mass is 16.4. The van der Waals surface area contributed by atoms with Gasteiger partial charge in [-0.05, 0) is 6.92 Å². The Balaban J connectivity index is 2.60. The molecular weight excluding hydrogens is 144 g/mol. The number of likely N-dealkylation sites (N-methyl/N-ethyl adjacent to an activating group) is 1. The minimum Gasteiger partial charge on any atom is -0.544 e. The van der Waals surface area contributed by atoms with Gasteiger partial charge in [0.25, 0.3) is 0 Å². The minimum atomic E-state index is -1.000. The van der Waals surface area contributed by atoms with Crippen LogP contribution in [0.1, 0.15) is 6.92 Å². The fourth-order valence-electron chi connectivity index (χ4n) is 1.27. The van der Waals surface area contributed by atoms with Crippen molar-refractivity contribution in [1.82, 2.24) is 0 Å². The molecular formula is C7H12N2O2. The van der Waals surface area contributed by atoms with Gasteiger partial charge >= 0.3 is 0 Å². The molecule has 0 spiro atoms. The molecule has 0 saturated carbocycles. The third-order valence-corrected chi connectivity index (χ3v) is 2.07.